The number of aromatic nitrogens is 5. The zero-order valence-corrected chi connectivity index (χ0v) is 16.3. The molecule has 1 N–H and O–H groups in total. The third-order valence-corrected chi connectivity index (χ3v) is 4.50. The highest BCUT2D eigenvalue weighted by molar-refractivity contribution is 6.30. The second kappa shape index (κ2) is 8.24. The van der Waals surface area contributed by atoms with Crippen molar-refractivity contribution in [3.63, 3.8) is 0 Å². The van der Waals surface area contributed by atoms with Crippen molar-refractivity contribution < 1.29 is 9.32 Å². The van der Waals surface area contributed by atoms with Crippen LogP contribution in [-0.4, -0.2) is 30.8 Å². The maximum Gasteiger partial charge on any atom is 0.227 e. The number of rotatable bonds is 6. The molecule has 4 rings (SSSR count). The Labute approximate surface area is 171 Å². The summed E-state index contributed by atoms with van der Waals surface area (Å²) < 4.78 is 7.05. The lowest BCUT2D eigenvalue weighted by atomic mass is 10.2. The number of hydrogen-bond donors (Lipinski definition) is 1. The van der Waals surface area contributed by atoms with Gasteiger partial charge < -0.3 is 14.4 Å². The molecule has 2 aromatic carbocycles. The van der Waals surface area contributed by atoms with Gasteiger partial charge in [0.2, 0.25) is 17.6 Å². The van der Waals surface area contributed by atoms with Crippen LogP contribution in [-0.2, 0) is 18.3 Å². The number of hydrogen-bond acceptors (Lipinski definition) is 6. The lowest BCUT2D eigenvalue weighted by Crippen LogP contribution is -2.12. The van der Waals surface area contributed by atoms with Crippen molar-refractivity contribution in [3.8, 4) is 22.8 Å². The van der Waals surface area contributed by atoms with Crippen LogP contribution < -0.4 is 5.32 Å². The van der Waals surface area contributed by atoms with Crippen LogP contribution in [0.5, 0.6) is 0 Å². The minimum absolute atomic E-state index is 0.147. The summed E-state index contributed by atoms with van der Waals surface area (Å²) in [6.45, 7) is 0. The fourth-order valence-electron chi connectivity index (χ4n) is 2.80. The first-order valence-corrected chi connectivity index (χ1v) is 9.29. The molecule has 0 aliphatic carbocycles. The monoisotopic (exact) mass is 408 g/mol. The molecule has 8 nitrogen and oxygen atoms in total. The Bertz CT molecular complexity index is 1140. The third kappa shape index (κ3) is 4.49. The number of nitrogens with zero attached hydrogens (tertiary/aromatic N) is 5. The normalized spacial score (nSPS) is 10.8. The van der Waals surface area contributed by atoms with Gasteiger partial charge in [-0.3, -0.25) is 4.79 Å². The molecule has 4 aromatic rings. The number of halogens is 1. The van der Waals surface area contributed by atoms with E-state index in [2.05, 4.69) is 25.7 Å². The molecular formula is C20H17ClN6O2. The van der Waals surface area contributed by atoms with Crippen molar-refractivity contribution >= 4 is 23.2 Å². The molecule has 9 heteroatoms. The van der Waals surface area contributed by atoms with Crippen molar-refractivity contribution in [1.82, 2.24) is 24.9 Å². The van der Waals surface area contributed by atoms with Crippen molar-refractivity contribution in [2.75, 3.05) is 5.32 Å². The van der Waals surface area contributed by atoms with Gasteiger partial charge in [0.15, 0.2) is 5.82 Å². The van der Waals surface area contributed by atoms with Crippen molar-refractivity contribution in [2.45, 2.75) is 12.8 Å². The number of benzene rings is 2. The van der Waals surface area contributed by atoms with Crippen molar-refractivity contribution in [3.05, 3.63) is 65.8 Å². The van der Waals surface area contributed by atoms with E-state index in [1.165, 1.54) is 0 Å². The molecule has 29 heavy (non-hydrogen) atoms. The Kier molecular flexibility index (Phi) is 5.35. The molecule has 2 heterocycles. The molecule has 0 radical (unpaired) electrons. The smallest absolute Gasteiger partial charge is 0.227 e. The van der Waals surface area contributed by atoms with Gasteiger partial charge in [0, 0.05) is 41.7 Å². The Morgan fingerprint density at radius 3 is 2.76 bits per heavy atom. The summed E-state index contributed by atoms with van der Waals surface area (Å²) in [7, 11) is 1.86. The fourth-order valence-corrected chi connectivity index (χ4v) is 2.92. The van der Waals surface area contributed by atoms with E-state index in [0.29, 0.717) is 28.8 Å². The van der Waals surface area contributed by atoms with Crippen LogP contribution in [0.3, 0.4) is 0 Å². The van der Waals surface area contributed by atoms with Crippen LogP contribution in [0, 0.1) is 0 Å². The zero-order valence-electron chi connectivity index (χ0n) is 15.5. The van der Waals surface area contributed by atoms with Gasteiger partial charge >= 0.3 is 0 Å². The average Bonchev–Trinajstić information content (AvgIpc) is 3.36. The number of anilines is 1. The number of carbonyl (C=O) groups is 1. The van der Waals surface area contributed by atoms with Crippen LogP contribution in [0.25, 0.3) is 22.8 Å². The highest BCUT2D eigenvalue weighted by Crippen LogP contribution is 2.21. The van der Waals surface area contributed by atoms with Gasteiger partial charge in [-0.2, -0.15) is 4.98 Å². The second-order valence-corrected chi connectivity index (χ2v) is 6.85. The van der Waals surface area contributed by atoms with E-state index >= 15 is 0 Å². The first kappa shape index (κ1) is 18.8. The molecule has 0 aliphatic heterocycles. The summed E-state index contributed by atoms with van der Waals surface area (Å²) in [5.74, 6) is 1.44. The Morgan fingerprint density at radius 1 is 1.17 bits per heavy atom. The summed E-state index contributed by atoms with van der Waals surface area (Å²) in [5, 5.41) is 15.4. The van der Waals surface area contributed by atoms with E-state index in [9.17, 15) is 4.79 Å². The predicted octanol–water partition coefficient (Wildman–Crippen LogP) is 3.76. The number of carbonyl (C=O) groups excluding carboxylic acids is 1. The van der Waals surface area contributed by atoms with Gasteiger partial charge in [0.1, 0.15) is 6.33 Å². The van der Waals surface area contributed by atoms with E-state index in [0.717, 1.165) is 17.0 Å². The second-order valence-electron chi connectivity index (χ2n) is 6.41. The summed E-state index contributed by atoms with van der Waals surface area (Å²) in [4.78, 5) is 16.6. The summed E-state index contributed by atoms with van der Waals surface area (Å²) >= 11 is 5.89. The minimum atomic E-state index is -0.147. The van der Waals surface area contributed by atoms with Gasteiger partial charge in [-0.15, -0.1) is 10.2 Å². The van der Waals surface area contributed by atoms with Crippen LogP contribution in [0.15, 0.2) is 59.4 Å². The van der Waals surface area contributed by atoms with Gasteiger partial charge in [0.05, 0.1) is 0 Å². The molecule has 146 valence electrons. The molecule has 0 saturated carbocycles. The topological polar surface area (TPSA) is 98.7 Å². The molecule has 0 atom stereocenters. The molecule has 0 saturated heterocycles. The van der Waals surface area contributed by atoms with Gasteiger partial charge in [0.25, 0.3) is 0 Å². The summed E-state index contributed by atoms with van der Waals surface area (Å²) in [6, 6.07) is 14.6. The minimum Gasteiger partial charge on any atom is -0.339 e. The van der Waals surface area contributed by atoms with Gasteiger partial charge in [-0.05, 0) is 36.4 Å². The maximum absolute atomic E-state index is 12.3. The molecule has 0 aliphatic rings. The first-order chi connectivity index (χ1) is 14.1. The highest BCUT2D eigenvalue weighted by atomic mass is 35.5. The predicted molar refractivity (Wildman–Crippen MR) is 108 cm³/mol. The first-order valence-electron chi connectivity index (χ1n) is 8.91. The fraction of sp³-hybridized carbons (Fsp3) is 0.150. The molecule has 2 aromatic heterocycles. The summed E-state index contributed by atoms with van der Waals surface area (Å²) in [6.07, 6.45) is 2.19. The SMILES string of the molecule is Cn1cnnc1-c1cccc(NC(=O)CCc2nc(-c3ccc(Cl)cc3)no2)c1. The number of amides is 1. The van der Waals surface area contributed by atoms with E-state index in [4.69, 9.17) is 16.1 Å². The lowest BCUT2D eigenvalue weighted by Gasteiger charge is -2.06. The number of aryl methyl sites for hydroxylation is 2. The highest BCUT2D eigenvalue weighted by Gasteiger charge is 2.12. The van der Waals surface area contributed by atoms with Crippen molar-refractivity contribution in [1.29, 1.82) is 0 Å². The standard InChI is InChI=1S/C20H17ClN6O2/c1-27-12-22-25-20(27)14-3-2-4-16(11-14)23-17(28)9-10-18-24-19(26-29-18)13-5-7-15(21)8-6-13/h2-8,11-12H,9-10H2,1H3,(H,23,28). The summed E-state index contributed by atoms with van der Waals surface area (Å²) in [5.41, 5.74) is 2.35. The number of nitrogens with one attached hydrogen (secondary N) is 1. The molecular weight excluding hydrogens is 392 g/mol. The van der Waals surface area contributed by atoms with Crippen molar-refractivity contribution in [2.24, 2.45) is 7.05 Å². The van der Waals surface area contributed by atoms with E-state index < -0.39 is 0 Å². The zero-order chi connectivity index (χ0) is 20.2. The van der Waals surface area contributed by atoms with Crippen LogP contribution in [0.2, 0.25) is 5.02 Å². The van der Waals surface area contributed by atoms with Crippen LogP contribution in [0.4, 0.5) is 5.69 Å². The Balaban J connectivity index is 1.36. The Hall–Kier alpha value is -3.52. The molecule has 0 bridgehead atoms. The van der Waals surface area contributed by atoms with Crippen LogP contribution >= 0.6 is 11.6 Å². The third-order valence-electron chi connectivity index (χ3n) is 4.25. The molecule has 1 amide bonds. The lowest BCUT2D eigenvalue weighted by molar-refractivity contribution is -0.116. The largest absolute Gasteiger partial charge is 0.339 e. The van der Waals surface area contributed by atoms with E-state index in [-0.39, 0.29) is 12.3 Å². The van der Waals surface area contributed by atoms with E-state index in [1.54, 1.807) is 18.5 Å². The molecule has 0 fully saturated rings. The maximum atomic E-state index is 12.3. The average molecular weight is 409 g/mol. The van der Waals surface area contributed by atoms with E-state index in [1.807, 2.05) is 48.0 Å². The molecule has 0 unspecified atom stereocenters. The van der Waals surface area contributed by atoms with Gasteiger partial charge in [-0.25, -0.2) is 0 Å². The quantitative estimate of drug-likeness (QED) is 0.521. The Morgan fingerprint density at radius 2 is 2.00 bits per heavy atom. The van der Waals surface area contributed by atoms with Crippen LogP contribution in [0.1, 0.15) is 12.3 Å². The van der Waals surface area contributed by atoms with Gasteiger partial charge in [-0.1, -0.05) is 28.9 Å². The molecule has 0 spiro atoms.